The largest absolute Gasteiger partial charge is 0.480 e. The molecule has 2 heterocycles. The van der Waals surface area contributed by atoms with Crippen molar-refractivity contribution >= 4 is 49.5 Å². The second kappa shape index (κ2) is 60.8. The van der Waals surface area contributed by atoms with Crippen LogP contribution in [0.2, 0.25) is 0 Å². The maximum atomic E-state index is 14.6. The third kappa shape index (κ3) is 47.0. The van der Waals surface area contributed by atoms with E-state index in [1.165, 1.54) is 25.7 Å². The Morgan fingerprint density at radius 1 is 0.419 bits per heavy atom. The summed E-state index contributed by atoms with van der Waals surface area (Å²) in [5.74, 6) is -6.31. The molecule has 0 aromatic carbocycles. The molecule has 0 bridgehead atoms. The second-order valence-electron chi connectivity index (χ2n) is 29.3. The number of nitrogens with one attached hydrogen (secondary N) is 2. The molecule has 26 nitrogen and oxygen atoms in total. The van der Waals surface area contributed by atoms with Gasteiger partial charge < -0.3 is 83.8 Å². The number of hydrogen-bond acceptors (Lipinski definition) is 21. The highest BCUT2D eigenvalue weighted by Gasteiger charge is 2.54. The number of aliphatic carboxylic acids is 1. The van der Waals surface area contributed by atoms with Crippen molar-refractivity contribution < 1.29 is 116 Å². The molecule has 105 heavy (non-hydrogen) atoms. The number of aliphatic hydroxyl groups is 4. The van der Waals surface area contributed by atoms with Gasteiger partial charge in [-0.1, -0.05) is 260 Å². The van der Waals surface area contributed by atoms with Crippen molar-refractivity contribution in [3.8, 4) is 0 Å². The standard InChI is InChI=1S/C78H143N2O24P/c1-7-13-19-25-27-29-31-37-43-49-67(88)98-60(47-41-35-23-17-11-5)53-69(90)102-75-71(79-64(84)51-58(82)45-39-33-21-15-9-3)77(97-57-66(86)87)101-63(73(75)92)56-96-78-72(80-65(85)52-59(83)46-40-34-22-16-10-4)76(74(62(55-81)100-78)104-105(93,94)95)103-70(91)54-61(48-42-36-24-18-12-6)99-68(89)50-44-38-32-30-28-26-20-14-8-2/h58-63,71-78,81-83,92H,7-57H2,1-6H3,(H,79,84)(H,80,85)(H,86,87)(H2,93,94,95)/t58-,59-,60-,61-,62-,63-,71-,72-,73-,74-,75-,76-,77+,78-/m1/s1. The molecule has 0 aliphatic carbocycles. The first kappa shape index (κ1) is 97.2. The number of aliphatic hydroxyl groups excluding tert-OH is 4. The van der Waals surface area contributed by atoms with Crippen LogP contribution in [0.15, 0.2) is 0 Å². The van der Waals surface area contributed by atoms with Gasteiger partial charge in [0.25, 0.3) is 0 Å². The molecule has 0 spiro atoms. The van der Waals surface area contributed by atoms with Crippen LogP contribution in [0.5, 0.6) is 0 Å². The van der Waals surface area contributed by atoms with Gasteiger partial charge in [0.2, 0.25) is 11.8 Å². The number of hydrogen-bond donors (Lipinski definition) is 9. The van der Waals surface area contributed by atoms with Crippen molar-refractivity contribution in [3.05, 3.63) is 0 Å². The summed E-state index contributed by atoms with van der Waals surface area (Å²) in [5, 5.41) is 61.0. The number of phosphoric acid groups is 1. The smallest absolute Gasteiger partial charge is 0.470 e. The number of phosphoric ester groups is 1. The monoisotopic (exact) mass is 1520 g/mol. The zero-order chi connectivity index (χ0) is 77.5. The van der Waals surface area contributed by atoms with E-state index in [9.17, 15) is 73.4 Å². The van der Waals surface area contributed by atoms with Gasteiger partial charge in [-0.2, -0.15) is 0 Å². The number of unbranched alkanes of at least 4 members (excludes halogenated alkanes) is 32. The molecule has 0 radical (unpaired) electrons. The third-order valence-electron chi connectivity index (χ3n) is 19.5. The summed E-state index contributed by atoms with van der Waals surface area (Å²) in [6.07, 6.45) is 14.7. The maximum Gasteiger partial charge on any atom is 0.470 e. The molecule has 2 rings (SSSR count). The Hall–Kier alpha value is -3.92. The minimum Gasteiger partial charge on any atom is -0.480 e. The molecule has 2 aliphatic heterocycles. The van der Waals surface area contributed by atoms with Crippen LogP contribution >= 0.6 is 7.82 Å². The lowest BCUT2D eigenvalue weighted by molar-refractivity contribution is -0.304. The minimum atomic E-state index is -5.61. The van der Waals surface area contributed by atoms with Gasteiger partial charge in [0, 0.05) is 12.8 Å². The lowest BCUT2D eigenvalue weighted by Gasteiger charge is -2.47. The molecule has 27 heteroatoms. The van der Waals surface area contributed by atoms with Gasteiger partial charge in [-0.15, -0.1) is 0 Å². The summed E-state index contributed by atoms with van der Waals surface area (Å²) < 4.78 is 66.8. The highest BCUT2D eigenvalue weighted by Crippen LogP contribution is 2.43. The summed E-state index contributed by atoms with van der Waals surface area (Å²) in [5.41, 5.74) is 0. The van der Waals surface area contributed by atoms with E-state index in [0.29, 0.717) is 38.5 Å². The molecule has 0 aromatic rings. The first-order chi connectivity index (χ1) is 50.5. The van der Waals surface area contributed by atoms with Crippen LogP contribution in [-0.2, 0) is 80.5 Å². The molecule has 0 aromatic heterocycles. The van der Waals surface area contributed by atoms with Crippen molar-refractivity contribution in [2.45, 2.75) is 435 Å². The first-order valence-corrected chi connectivity index (χ1v) is 42.6. The predicted octanol–water partition coefficient (Wildman–Crippen LogP) is 13.6. The van der Waals surface area contributed by atoms with Crippen molar-refractivity contribution in [1.82, 2.24) is 10.6 Å². The average molecular weight is 1520 g/mol. The minimum absolute atomic E-state index is 0.0926. The molecule has 614 valence electrons. The average Bonchev–Trinajstić information content (AvgIpc) is 0.784. The van der Waals surface area contributed by atoms with Crippen LogP contribution in [0.1, 0.15) is 350 Å². The number of carbonyl (C=O) groups excluding carboxylic acids is 6. The molecule has 0 saturated carbocycles. The Kier molecular flexibility index (Phi) is 56.3. The molecule has 2 fully saturated rings. The van der Waals surface area contributed by atoms with Crippen molar-refractivity contribution in [1.29, 1.82) is 0 Å². The predicted molar refractivity (Wildman–Crippen MR) is 398 cm³/mol. The summed E-state index contributed by atoms with van der Waals surface area (Å²) in [6, 6.07) is -3.54. The number of esters is 4. The fourth-order valence-electron chi connectivity index (χ4n) is 13.5. The molecular weight excluding hydrogens is 1380 g/mol. The van der Waals surface area contributed by atoms with E-state index >= 15 is 0 Å². The Labute approximate surface area is 628 Å². The Balaban J connectivity index is 2.75. The highest BCUT2D eigenvalue weighted by atomic mass is 31.2. The van der Waals surface area contributed by atoms with Crippen molar-refractivity contribution in [2.75, 3.05) is 19.8 Å². The summed E-state index contributed by atoms with van der Waals surface area (Å²) in [6.45, 7) is 9.57. The molecule has 9 N–H and O–H groups in total. The lowest BCUT2D eigenvalue weighted by atomic mass is 9.95. The first-order valence-electron chi connectivity index (χ1n) is 41.0. The van der Waals surface area contributed by atoms with E-state index in [2.05, 4.69) is 52.2 Å². The van der Waals surface area contributed by atoms with E-state index in [1.807, 2.05) is 0 Å². The Bertz CT molecular complexity index is 2340. The number of rotatable bonds is 67. The molecule has 0 unspecified atom stereocenters. The molecule has 14 atom stereocenters. The van der Waals surface area contributed by atoms with Crippen LogP contribution < -0.4 is 10.6 Å². The summed E-state index contributed by atoms with van der Waals surface area (Å²) >= 11 is 0. The topological polar surface area (TPSA) is 385 Å². The van der Waals surface area contributed by atoms with Crippen LogP contribution in [-0.4, -0.2) is 183 Å². The fraction of sp³-hybridized carbons (Fsp3) is 0.910. The lowest BCUT2D eigenvalue weighted by Crippen LogP contribution is -2.68. The zero-order valence-corrected chi connectivity index (χ0v) is 66.1. The van der Waals surface area contributed by atoms with E-state index < -0.39 is 181 Å². The van der Waals surface area contributed by atoms with Gasteiger partial charge >= 0.3 is 37.7 Å². The Morgan fingerprint density at radius 2 is 0.752 bits per heavy atom. The van der Waals surface area contributed by atoms with Gasteiger partial charge in [-0.05, 0) is 51.4 Å². The number of amides is 2. The summed E-state index contributed by atoms with van der Waals surface area (Å²) in [7, 11) is -5.61. The fourth-order valence-corrected chi connectivity index (χ4v) is 14.0. The Morgan fingerprint density at radius 3 is 1.12 bits per heavy atom. The van der Waals surface area contributed by atoms with Gasteiger partial charge in [0.05, 0.1) is 51.1 Å². The zero-order valence-electron chi connectivity index (χ0n) is 65.2. The van der Waals surface area contributed by atoms with E-state index in [0.717, 1.165) is 180 Å². The molecule has 2 aliphatic rings. The van der Waals surface area contributed by atoms with Crippen LogP contribution in [0, 0.1) is 0 Å². The van der Waals surface area contributed by atoms with E-state index in [1.54, 1.807) is 0 Å². The van der Waals surface area contributed by atoms with Gasteiger partial charge in [0.1, 0.15) is 55.3 Å². The second-order valence-corrected chi connectivity index (χ2v) is 30.5. The molecular formula is C78H143N2O24P. The van der Waals surface area contributed by atoms with Crippen molar-refractivity contribution in [2.24, 2.45) is 0 Å². The van der Waals surface area contributed by atoms with Gasteiger partial charge in [0.15, 0.2) is 24.8 Å². The normalized spacial score (nSPS) is 21.6. The van der Waals surface area contributed by atoms with Crippen LogP contribution in [0.25, 0.3) is 0 Å². The van der Waals surface area contributed by atoms with Crippen LogP contribution in [0.4, 0.5) is 0 Å². The van der Waals surface area contributed by atoms with E-state index in [-0.39, 0.29) is 38.5 Å². The number of ether oxygens (including phenoxy) is 8. The third-order valence-corrected chi connectivity index (χ3v) is 20.0. The highest BCUT2D eigenvalue weighted by molar-refractivity contribution is 7.46. The quantitative estimate of drug-likeness (QED) is 0.0118. The molecule has 2 amide bonds. The maximum absolute atomic E-state index is 14.6. The van der Waals surface area contributed by atoms with Crippen LogP contribution in [0.3, 0.4) is 0 Å². The summed E-state index contributed by atoms with van der Waals surface area (Å²) in [4.78, 5) is 117. The molecule has 2 saturated heterocycles. The number of carboxylic acids is 1. The number of carboxylic acid groups (broad SMARTS) is 1. The van der Waals surface area contributed by atoms with E-state index in [4.69, 9.17) is 42.4 Å². The SMILES string of the molecule is CCCCCCCCCCCC(=O)O[C@H](CCCCCCC)CC(=O)O[C@@H]1[C@@H](NC(=O)C[C@H](O)CCCCCCC)[C@H](OC[C@H]2O[C@H](OCC(=O)O)[C@H](NC(=O)C[C@H](O)CCCCCCC)[C@@H](OC(=O)C[C@@H](CCCCCCC)OC(=O)CCCCCCCCCCC)[C@@H]2O)O[C@H](CO)[C@H]1OP(=O)(O)O. The van der Waals surface area contributed by atoms with Gasteiger partial charge in [-0.3, -0.25) is 33.3 Å². The number of carbonyl (C=O) groups is 7. The van der Waals surface area contributed by atoms with Crippen molar-refractivity contribution in [3.63, 3.8) is 0 Å². The van der Waals surface area contributed by atoms with Gasteiger partial charge in [-0.25, -0.2) is 9.36 Å².